The van der Waals surface area contributed by atoms with Gasteiger partial charge in [0.25, 0.3) is 0 Å². The summed E-state index contributed by atoms with van der Waals surface area (Å²) in [6, 6.07) is 34.0. The van der Waals surface area contributed by atoms with Gasteiger partial charge in [-0.2, -0.15) is 0 Å². The number of halogens is 1. The van der Waals surface area contributed by atoms with Gasteiger partial charge in [-0.3, -0.25) is 0 Å². The molecule has 0 aliphatic rings. The molecule has 0 amide bonds. The van der Waals surface area contributed by atoms with Crippen LogP contribution >= 0.6 is 19.2 Å². The standard InChI is InChI=1S/C27H21ClN3O4P/c28-22-18-16-21(17-19-22)26(29-27-31-30-25(33-27)20-10-4-1-5-11-20)36(32,34-23-12-6-2-7-13-23)35-24-14-8-3-9-15-24/h1-19,26H,(H,29,31). The number of hydrogen-bond donors (Lipinski definition) is 1. The normalized spacial score (nSPS) is 12.0. The lowest BCUT2D eigenvalue weighted by atomic mass is 10.2. The summed E-state index contributed by atoms with van der Waals surface area (Å²) in [5.74, 6) is 0.0658. The minimum Gasteiger partial charge on any atom is -0.414 e. The summed E-state index contributed by atoms with van der Waals surface area (Å²) < 4.78 is 32.6. The molecule has 1 heterocycles. The smallest absolute Gasteiger partial charge is 0.414 e. The number of anilines is 1. The van der Waals surface area contributed by atoms with Gasteiger partial charge in [0, 0.05) is 10.6 Å². The zero-order valence-corrected chi connectivity index (χ0v) is 20.5. The minimum atomic E-state index is -4.02. The van der Waals surface area contributed by atoms with E-state index < -0.39 is 13.4 Å². The lowest BCUT2D eigenvalue weighted by molar-refractivity contribution is 0.375. The number of benzene rings is 4. The lowest BCUT2D eigenvalue weighted by Gasteiger charge is -2.28. The number of nitrogens with one attached hydrogen (secondary N) is 1. The number of para-hydroxylation sites is 2. The fourth-order valence-corrected chi connectivity index (χ4v) is 5.48. The van der Waals surface area contributed by atoms with Gasteiger partial charge in [0.15, 0.2) is 5.78 Å². The SMILES string of the molecule is O=P(Oc1ccccc1)(Oc1ccccc1)C(Nc1nnc(-c2ccccc2)o1)c1ccc(Cl)cc1. The highest BCUT2D eigenvalue weighted by Gasteiger charge is 2.42. The highest BCUT2D eigenvalue weighted by atomic mass is 35.5. The number of nitrogens with zero attached hydrogens (tertiary/aromatic N) is 2. The molecule has 1 aromatic heterocycles. The van der Waals surface area contributed by atoms with E-state index in [1.54, 1.807) is 72.8 Å². The van der Waals surface area contributed by atoms with Crippen LogP contribution in [0.25, 0.3) is 11.5 Å². The Hall–Kier alpha value is -4.06. The zero-order valence-electron chi connectivity index (χ0n) is 18.9. The summed E-state index contributed by atoms with van der Waals surface area (Å²) in [6.45, 7) is 0. The molecule has 0 fully saturated rings. The second-order valence-corrected chi connectivity index (χ2v) is 10.1. The molecular weight excluding hydrogens is 497 g/mol. The molecule has 1 N–H and O–H groups in total. The van der Waals surface area contributed by atoms with E-state index in [0.29, 0.717) is 28.0 Å². The summed E-state index contributed by atoms with van der Waals surface area (Å²) >= 11 is 6.13. The Kier molecular flexibility index (Phi) is 7.03. The first-order valence-electron chi connectivity index (χ1n) is 11.1. The third kappa shape index (κ3) is 5.60. The van der Waals surface area contributed by atoms with Gasteiger partial charge in [-0.1, -0.05) is 83.4 Å². The number of rotatable bonds is 9. The second-order valence-electron chi connectivity index (χ2n) is 7.73. The van der Waals surface area contributed by atoms with E-state index in [2.05, 4.69) is 15.5 Å². The van der Waals surface area contributed by atoms with Crippen LogP contribution in [0, 0.1) is 0 Å². The quantitative estimate of drug-likeness (QED) is 0.199. The highest BCUT2D eigenvalue weighted by molar-refractivity contribution is 7.55. The van der Waals surface area contributed by atoms with Crippen molar-refractivity contribution < 1.29 is 18.0 Å². The van der Waals surface area contributed by atoms with Gasteiger partial charge >= 0.3 is 13.6 Å². The third-order valence-electron chi connectivity index (χ3n) is 5.16. The van der Waals surface area contributed by atoms with Crippen molar-refractivity contribution in [2.24, 2.45) is 0 Å². The average molecular weight is 518 g/mol. The van der Waals surface area contributed by atoms with Gasteiger partial charge in [0.05, 0.1) is 0 Å². The van der Waals surface area contributed by atoms with Gasteiger partial charge in [0.1, 0.15) is 11.5 Å². The molecule has 4 aromatic carbocycles. The number of hydrogen-bond acceptors (Lipinski definition) is 7. The summed E-state index contributed by atoms with van der Waals surface area (Å²) in [7, 11) is -4.02. The van der Waals surface area contributed by atoms with Crippen molar-refractivity contribution in [1.29, 1.82) is 0 Å². The third-order valence-corrected chi connectivity index (χ3v) is 7.40. The van der Waals surface area contributed by atoms with Gasteiger partial charge in [-0.15, -0.1) is 5.10 Å². The minimum absolute atomic E-state index is 0.0577. The van der Waals surface area contributed by atoms with Crippen LogP contribution in [-0.2, 0) is 4.57 Å². The molecule has 0 spiro atoms. The lowest BCUT2D eigenvalue weighted by Crippen LogP contribution is -2.18. The van der Waals surface area contributed by atoms with Gasteiger partial charge in [-0.05, 0) is 54.1 Å². The monoisotopic (exact) mass is 517 g/mol. The first kappa shape index (κ1) is 23.7. The molecule has 5 aromatic rings. The summed E-state index contributed by atoms with van der Waals surface area (Å²) in [4.78, 5) is 0. The molecule has 1 atom stereocenters. The molecule has 7 nitrogen and oxygen atoms in total. The molecule has 0 saturated carbocycles. The fourth-order valence-electron chi connectivity index (χ4n) is 3.47. The summed E-state index contributed by atoms with van der Waals surface area (Å²) in [5.41, 5.74) is 1.35. The molecule has 0 aliphatic heterocycles. The van der Waals surface area contributed by atoms with Crippen molar-refractivity contribution in [3.8, 4) is 23.0 Å². The van der Waals surface area contributed by atoms with E-state index in [1.807, 2.05) is 42.5 Å². The Morgan fingerprint density at radius 1 is 0.722 bits per heavy atom. The van der Waals surface area contributed by atoms with Crippen LogP contribution in [0.2, 0.25) is 5.02 Å². The van der Waals surface area contributed by atoms with Crippen LogP contribution in [-0.4, -0.2) is 10.2 Å². The first-order chi connectivity index (χ1) is 17.6. The Morgan fingerprint density at radius 2 is 1.25 bits per heavy atom. The van der Waals surface area contributed by atoms with Crippen molar-refractivity contribution in [2.75, 3.05) is 5.32 Å². The Bertz CT molecular complexity index is 1400. The van der Waals surface area contributed by atoms with E-state index in [1.165, 1.54) is 0 Å². The molecule has 180 valence electrons. The topological polar surface area (TPSA) is 86.5 Å². The first-order valence-corrected chi connectivity index (χ1v) is 13.1. The predicted molar refractivity (Wildman–Crippen MR) is 139 cm³/mol. The van der Waals surface area contributed by atoms with Crippen LogP contribution in [0.15, 0.2) is 120 Å². The van der Waals surface area contributed by atoms with Crippen LogP contribution in [0.1, 0.15) is 11.3 Å². The van der Waals surface area contributed by atoms with Crippen LogP contribution in [0.3, 0.4) is 0 Å². The predicted octanol–water partition coefficient (Wildman–Crippen LogP) is 7.85. The molecule has 1 unspecified atom stereocenters. The second kappa shape index (κ2) is 10.7. The zero-order chi connectivity index (χ0) is 24.8. The number of aromatic nitrogens is 2. The summed E-state index contributed by atoms with van der Waals surface area (Å²) in [6.07, 6.45) is 0. The molecule has 0 aliphatic carbocycles. The highest BCUT2D eigenvalue weighted by Crippen LogP contribution is 2.60. The molecule has 0 radical (unpaired) electrons. The van der Waals surface area contributed by atoms with E-state index in [0.717, 1.165) is 5.56 Å². The fraction of sp³-hybridized carbons (Fsp3) is 0.0370. The van der Waals surface area contributed by atoms with Crippen molar-refractivity contribution in [2.45, 2.75) is 5.78 Å². The average Bonchev–Trinajstić information content (AvgIpc) is 3.38. The maximum atomic E-state index is 14.6. The van der Waals surface area contributed by atoms with Crippen LogP contribution in [0.5, 0.6) is 11.5 Å². The van der Waals surface area contributed by atoms with Crippen molar-refractivity contribution in [1.82, 2.24) is 10.2 Å². The summed E-state index contributed by atoms with van der Waals surface area (Å²) in [5, 5.41) is 11.9. The van der Waals surface area contributed by atoms with E-state index >= 15 is 0 Å². The van der Waals surface area contributed by atoms with E-state index in [-0.39, 0.29) is 6.01 Å². The molecule has 36 heavy (non-hydrogen) atoms. The Morgan fingerprint density at radius 3 is 1.81 bits per heavy atom. The maximum Gasteiger partial charge on any atom is 0.457 e. The van der Waals surface area contributed by atoms with Gasteiger partial charge < -0.3 is 18.8 Å². The van der Waals surface area contributed by atoms with Crippen molar-refractivity contribution >= 4 is 25.2 Å². The van der Waals surface area contributed by atoms with E-state index in [4.69, 9.17) is 25.1 Å². The molecule has 9 heteroatoms. The van der Waals surface area contributed by atoms with Crippen molar-refractivity contribution in [3.63, 3.8) is 0 Å². The van der Waals surface area contributed by atoms with E-state index in [9.17, 15) is 4.57 Å². The molecule has 5 rings (SSSR count). The Balaban J connectivity index is 1.56. The molecule has 0 saturated heterocycles. The van der Waals surface area contributed by atoms with Gasteiger partial charge in [0.2, 0.25) is 5.89 Å². The van der Waals surface area contributed by atoms with Gasteiger partial charge in [-0.25, -0.2) is 4.57 Å². The van der Waals surface area contributed by atoms with Crippen LogP contribution < -0.4 is 14.4 Å². The van der Waals surface area contributed by atoms with Crippen LogP contribution in [0.4, 0.5) is 6.01 Å². The molecular formula is C27H21ClN3O4P. The largest absolute Gasteiger partial charge is 0.457 e. The van der Waals surface area contributed by atoms with Crippen molar-refractivity contribution in [3.05, 3.63) is 126 Å². The maximum absolute atomic E-state index is 14.6. The Labute approximate surface area is 213 Å². The molecule has 0 bridgehead atoms.